The molecule has 0 radical (unpaired) electrons. The molecule has 0 aliphatic heterocycles. The SMILES string of the molecule is CSc1cc(C(=O)NCC(N)C2CC2)ccc1NC(C)=O.Cl. The lowest BCUT2D eigenvalue weighted by molar-refractivity contribution is -0.114. The Kier molecular flexibility index (Phi) is 7.19. The van der Waals surface area contributed by atoms with E-state index in [-0.39, 0.29) is 30.3 Å². The maximum absolute atomic E-state index is 12.1. The van der Waals surface area contributed by atoms with Gasteiger partial charge in [0.2, 0.25) is 5.91 Å². The Balaban J connectivity index is 0.00000242. The van der Waals surface area contributed by atoms with Crippen LogP contribution in [0.3, 0.4) is 0 Å². The third-order valence-electron chi connectivity index (χ3n) is 3.50. The van der Waals surface area contributed by atoms with Crippen LogP contribution in [0.4, 0.5) is 5.69 Å². The highest BCUT2D eigenvalue weighted by Gasteiger charge is 2.28. The minimum absolute atomic E-state index is 0. The monoisotopic (exact) mass is 343 g/mol. The van der Waals surface area contributed by atoms with Gasteiger partial charge in [0.1, 0.15) is 0 Å². The summed E-state index contributed by atoms with van der Waals surface area (Å²) in [4.78, 5) is 24.1. The number of rotatable bonds is 6. The summed E-state index contributed by atoms with van der Waals surface area (Å²) in [6.45, 7) is 1.97. The van der Waals surface area contributed by atoms with Crippen molar-refractivity contribution in [3.05, 3.63) is 23.8 Å². The van der Waals surface area contributed by atoms with Crippen LogP contribution in [0.5, 0.6) is 0 Å². The van der Waals surface area contributed by atoms with E-state index in [0.717, 1.165) is 10.6 Å². The van der Waals surface area contributed by atoms with Crippen molar-refractivity contribution in [2.24, 2.45) is 11.7 Å². The van der Waals surface area contributed by atoms with E-state index in [9.17, 15) is 9.59 Å². The van der Waals surface area contributed by atoms with Crippen molar-refractivity contribution in [3.63, 3.8) is 0 Å². The molecule has 0 spiro atoms. The summed E-state index contributed by atoms with van der Waals surface area (Å²) in [5.74, 6) is 0.308. The van der Waals surface area contributed by atoms with Crippen LogP contribution in [-0.4, -0.2) is 30.7 Å². The van der Waals surface area contributed by atoms with E-state index in [1.807, 2.05) is 6.26 Å². The Labute approximate surface area is 141 Å². The summed E-state index contributed by atoms with van der Waals surface area (Å²) in [6, 6.07) is 5.30. The molecule has 2 amide bonds. The fourth-order valence-electron chi connectivity index (χ4n) is 2.13. The molecule has 122 valence electrons. The summed E-state index contributed by atoms with van der Waals surface area (Å²) >= 11 is 1.49. The molecule has 1 aromatic rings. The Hall–Kier alpha value is -1.24. The number of carbonyl (C=O) groups is 2. The molecule has 7 heteroatoms. The number of benzene rings is 1. The number of anilines is 1. The molecule has 0 bridgehead atoms. The van der Waals surface area contributed by atoms with E-state index in [1.54, 1.807) is 18.2 Å². The summed E-state index contributed by atoms with van der Waals surface area (Å²) < 4.78 is 0. The highest BCUT2D eigenvalue weighted by atomic mass is 35.5. The predicted molar refractivity (Wildman–Crippen MR) is 92.8 cm³/mol. The van der Waals surface area contributed by atoms with Gasteiger partial charge in [0.25, 0.3) is 5.91 Å². The smallest absolute Gasteiger partial charge is 0.251 e. The highest BCUT2D eigenvalue weighted by Crippen LogP contribution is 2.31. The summed E-state index contributed by atoms with van der Waals surface area (Å²) in [5.41, 5.74) is 7.28. The highest BCUT2D eigenvalue weighted by molar-refractivity contribution is 7.98. The first kappa shape index (κ1) is 18.8. The molecule has 0 heterocycles. The molecule has 0 aromatic heterocycles. The van der Waals surface area contributed by atoms with Gasteiger partial charge in [-0.2, -0.15) is 0 Å². The predicted octanol–water partition coefficient (Wildman–Crippen LogP) is 2.26. The largest absolute Gasteiger partial charge is 0.350 e. The maximum atomic E-state index is 12.1. The summed E-state index contributed by atoms with van der Waals surface area (Å²) in [6.07, 6.45) is 4.24. The van der Waals surface area contributed by atoms with E-state index in [0.29, 0.717) is 18.0 Å². The molecule has 4 N–H and O–H groups in total. The van der Waals surface area contributed by atoms with Gasteiger partial charge in [-0.25, -0.2) is 0 Å². The normalized spacial score (nSPS) is 14.7. The maximum Gasteiger partial charge on any atom is 0.251 e. The van der Waals surface area contributed by atoms with Crippen molar-refractivity contribution < 1.29 is 9.59 Å². The zero-order valence-corrected chi connectivity index (χ0v) is 14.4. The molecule has 1 aromatic carbocycles. The molecule has 1 aliphatic carbocycles. The van der Waals surface area contributed by atoms with Crippen LogP contribution in [0.1, 0.15) is 30.1 Å². The van der Waals surface area contributed by atoms with Gasteiger partial charge >= 0.3 is 0 Å². The molecule has 1 atom stereocenters. The van der Waals surface area contributed by atoms with Crippen molar-refractivity contribution in [3.8, 4) is 0 Å². The molecule has 2 rings (SSSR count). The van der Waals surface area contributed by atoms with Gasteiger partial charge in [-0.1, -0.05) is 0 Å². The Morgan fingerprint density at radius 3 is 2.64 bits per heavy atom. The number of nitrogens with one attached hydrogen (secondary N) is 2. The van der Waals surface area contributed by atoms with Gasteiger partial charge in [-0.15, -0.1) is 24.2 Å². The molecule has 1 fully saturated rings. The molecule has 1 saturated carbocycles. The van der Waals surface area contributed by atoms with Crippen LogP contribution >= 0.6 is 24.2 Å². The van der Waals surface area contributed by atoms with Gasteiger partial charge in [0.05, 0.1) is 5.69 Å². The van der Waals surface area contributed by atoms with Crippen LogP contribution < -0.4 is 16.4 Å². The molecular weight excluding hydrogens is 322 g/mol. The third-order valence-corrected chi connectivity index (χ3v) is 4.28. The number of nitrogens with two attached hydrogens (primary N) is 1. The second kappa shape index (κ2) is 8.41. The van der Waals surface area contributed by atoms with Gasteiger partial charge in [-0.3, -0.25) is 9.59 Å². The van der Waals surface area contributed by atoms with Gasteiger partial charge < -0.3 is 16.4 Å². The van der Waals surface area contributed by atoms with Crippen LogP contribution in [0.25, 0.3) is 0 Å². The fraction of sp³-hybridized carbons (Fsp3) is 0.467. The standard InChI is InChI=1S/C15H21N3O2S.ClH/c1-9(19)18-13-6-5-11(7-14(13)21-2)15(20)17-8-12(16)10-3-4-10;/h5-7,10,12H,3-4,8,16H2,1-2H3,(H,17,20)(H,18,19);1H. The first-order valence-corrected chi connectivity index (χ1v) is 8.23. The lowest BCUT2D eigenvalue weighted by Crippen LogP contribution is -2.38. The number of hydrogen-bond acceptors (Lipinski definition) is 4. The Morgan fingerprint density at radius 1 is 1.41 bits per heavy atom. The number of hydrogen-bond donors (Lipinski definition) is 3. The molecule has 22 heavy (non-hydrogen) atoms. The quantitative estimate of drug-likeness (QED) is 0.692. The zero-order valence-electron chi connectivity index (χ0n) is 12.7. The van der Waals surface area contributed by atoms with Crippen molar-refractivity contribution in [2.75, 3.05) is 18.1 Å². The lowest BCUT2D eigenvalue weighted by Gasteiger charge is -2.13. The van der Waals surface area contributed by atoms with Gasteiger partial charge in [0.15, 0.2) is 0 Å². The minimum atomic E-state index is -0.129. The fourth-order valence-corrected chi connectivity index (χ4v) is 2.71. The number of halogens is 1. The average molecular weight is 344 g/mol. The topological polar surface area (TPSA) is 84.2 Å². The zero-order chi connectivity index (χ0) is 15.4. The third kappa shape index (κ3) is 5.19. The average Bonchev–Trinajstić information content (AvgIpc) is 3.28. The molecule has 1 unspecified atom stereocenters. The molecule has 0 saturated heterocycles. The van der Waals surface area contributed by atoms with Crippen molar-refractivity contribution in [2.45, 2.75) is 30.7 Å². The molecule has 1 aliphatic rings. The van der Waals surface area contributed by atoms with Crippen molar-refractivity contribution in [1.29, 1.82) is 0 Å². The molecule has 5 nitrogen and oxygen atoms in total. The van der Waals surface area contributed by atoms with Crippen molar-refractivity contribution in [1.82, 2.24) is 5.32 Å². The first-order chi connectivity index (χ1) is 10.0. The van der Waals surface area contributed by atoms with Gasteiger partial charge in [0, 0.05) is 30.0 Å². The Bertz CT molecular complexity index is 550. The van der Waals surface area contributed by atoms with E-state index in [1.165, 1.54) is 31.5 Å². The van der Waals surface area contributed by atoms with Crippen LogP contribution in [0.15, 0.2) is 23.1 Å². The van der Waals surface area contributed by atoms with E-state index < -0.39 is 0 Å². The van der Waals surface area contributed by atoms with Gasteiger partial charge in [-0.05, 0) is 43.2 Å². The van der Waals surface area contributed by atoms with Crippen LogP contribution in [-0.2, 0) is 4.79 Å². The number of thioether (sulfide) groups is 1. The second-order valence-corrected chi connectivity index (χ2v) is 6.16. The summed E-state index contributed by atoms with van der Waals surface area (Å²) in [7, 11) is 0. The minimum Gasteiger partial charge on any atom is -0.350 e. The lowest BCUT2D eigenvalue weighted by atomic mass is 10.1. The summed E-state index contributed by atoms with van der Waals surface area (Å²) in [5, 5.41) is 5.62. The second-order valence-electron chi connectivity index (χ2n) is 5.31. The van der Waals surface area contributed by atoms with E-state index >= 15 is 0 Å². The van der Waals surface area contributed by atoms with E-state index in [2.05, 4.69) is 10.6 Å². The van der Waals surface area contributed by atoms with Crippen LogP contribution in [0, 0.1) is 5.92 Å². The number of amides is 2. The Morgan fingerprint density at radius 2 is 2.09 bits per heavy atom. The number of carbonyl (C=O) groups excluding carboxylic acids is 2. The van der Waals surface area contributed by atoms with E-state index in [4.69, 9.17) is 5.73 Å². The molecular formula is C15H22ClN3O2S. The van der Waals surface area contributed by atoms with Crippen LogP contribution in [0.2, 0.25) is 0 Å². The first-order valence-electron chi connectivity index (χ1n) is 7.00. The van der Waals surface area contributed by atoms with Crippen molar-refractivity contribution >= 4 is 41.7 Å².